The van der Waals surface area contributed by atoms with Crippen molar-refractivity contribution in [2.45, 2.75) is 13.0 Å². The summed E-state index contributed by atoms with van der Waals surface area (Å²) in [5.41, 5.74) is 0.857. The van der Waals surface area contributed by atoms with Gasteiger partial charge in [-0.25, -0.2) is 0 Å². The van der Waals surface area contributed by atoms with E-state index >= 15 is 0 Å². The first kappa shape index (κ1) is 16.8. The molecule has 7 nitrogen and oxygen atoms in total. The Kier molecular flexibility index (Phi) is 5.96. The number of methoxy groups -OCH3 is 1. The molecule has 7 heteroatoms. The summed E-state index contributed by atoms with van der Waals surface area (Å²) >= 11 is 0. The van der Waals surface area contributed by atoms with E-state index in [9.17, 15) is 14.4 Å². The molecule has 0 atom stereocenters. The number of hydrogen-bond donors (Lipinski definition) is 1. The fourth-order valence-corrected chi connectivity index (χ4v) is 2.43. The lowest BCUT2D eigenvalue weighted by atomic mass is 10.2. The van der Waals surface area contributed by atoms with Gasteiger partial charge < -0.3 is 19.9 Å². The molecule has 0 spiro atoms. The molecule has 0 bridgehead atoms. The lowest BCUT2D eigenvalue weighted by Gasteiger charge is -2.32. The molecule has 23 heavy (non-hydrogen) atoms. The van der Waals surface area contributed by atoms with E-state index in [0.717, 1.165) is 12.0 Å². The van der Waals surface area contributed by atoms with Crippen molar-refractivity contribution < 1.29 is 19.1 Å². The van der Waals surface area contributed by atoms with Crippen LogP contribution in [0.15, 0.2) is 24.3 Å². The number of carbonyl (C=O) groups excluding carboxylic acids is 3. The van der Waals surface area contributed by atoms with E-state index in [2.05, 4.69) is 5.32 Å². The molecule has 1 heterocycles. The second kappa shape index (κ2) is 8.17. The maximum Gasteiger partial charge on any atom is 0.232 e. The van der Waals surface area contributed by atoms with Crippen LogP contribution < -0.4 is 10.1 Å². The topological polar surface area (TPSA) is 79.0 Å². The Morgan fingerprint density at radius 2 is 1.91 bits per heavy atom. The monoisotopic (exact) mass is 319 g/mol. The van der Waals surface area contributed by atoms with Gasteiger partial charge in [0.15, 0.2) is 0 Å². The minimum Gasteiger partial charge on any atom is -0.496 e. The van der Waals surface area contributed by atoms with Crippen LogP contribution in [0, 0.1) is 0 Å². The first-order valence-corrected chi connectivity index (χ1v) is 7.49. The highest BCUT2D eigenvalue weighted by Gasteiger charge is 2.21. The summed E-state index contributed by atoms with van der Waals surface area (Å²) in [6.45, 7) is 2.28. The normalized spacial score (nSPS) is 14.3. The Labute approximate surface area is 135 Å². The third-order valence-corrected chi connectivity index (χ3v) is 3.80. The van der Waals surface area contributed by atoms with Crippen molar-refractivity contribution in [3.8, 4) is 5.75 Å². The minimum absolute atomic E-state index is 0.184. The van der Waals surface area contributed by atoms with Crippen LogP contribution >= 0.6 is 0 Å². The van der Waals surface area contributed by atoms with Crippen LogP contribution in [0.5, 0.6) is 5.75 Å². The van der Waals surface area contributed by atoms with E-state index in [1.54, 1.807) is 16.9 Å². The van der Waals surface area contributed by atoms with E-state index in [4.69, 9.17) is 4.74 Å². The smallest absolute Gasteiger partial charge is 0.232 e. The van der Waals surface area contributed by atoms with Crippen molar-refractivity contribution in [2.24, 2.45) is 0 Å². The fourth-order valence-electron chi connectivity index (χ4n) is 2.43. The van der Waals surface area contributed by atoms with E-state index in [-0.39, 0.29) is 18.2 Å². The molecule has 0 radical (unpaired) electrons. The van der Waals surface area contributed by atoms with Gasteiger partial charge in [-0.15, -0.1) is 0 Å². The molecule has 0 unspecified atom stereocenters. The zero-order valence-electron chi connectivity index (χ0n) is 13.2. The first-order valence-electron chi connectivity index (χ1n) is 7.49. The van der Waals surface area contributed by atoms with Crippen LogP contribution in [0.4, 0.5) is 0 Å². The van der Waals surface area contributed by atoms with Crippen molar-refractivity contribution in [3.05, 3.63) is 29.8 Å². The predicted octanol–water partition coefficient (Wildman–Crippen LogP) is 0.00210. The molecule has 0 saturated carbocycles. The number of benzene rings is 1. The van der Waals surface area contributed by atoms with E-state index in [0.29, 0.717) is 38.5 Å². The quantitative estimate of drug-likeness (QED) is 0.591. The number of carbonyl (C=O) groups is 3. The summed E-state index contributed by atoms with van der Waals surface area (Å²) < 4.78 is 5.21. The molecular formula is C16H21N3O4. The second-order valence-electron chi connectivity index (χ2n) is 5.29. The number of rotatable bonds is 6. The van der Waals surface area contributed by atoms with E-state index in [1.165, 1.54) is 0 Å². The summed E-state index contributed by atoms with van der Waals surface area (Å²) in [6, 6.07) is 7.40. The van der Waals surface area contributed by atoms with Crippen molar-refractivity contribution in [3.63, 3.8) is 0 Å². The van der Waals surface area contributed by atoms with Crippen molar-refractivity contribution in [1.29, 1.82) is 0 Å². The van der Waals surface area contributed by atoms with Crippen LogP contribution in [0.2, 0.25) is 0 Å². The number of amides is 3. The van der Waals surface area contributed by atoms with Crippen LogP contribution in [0.1, 0.15) is 12.0 Å². The van der Waals surface area contributed by atoms with Gasteiger partial charge in [0, 0.05) is 38.3 Å². The van der Waals surface area contributed by atoms with Gasteiger partial charge >= 0.3 is 0 Å². The largest absolute Gasteiger partial charge is 0.496 e. The van der Waals surface area contributed by atoms with Crippen molar-refractivity contribution in [2.75, 3.05) is 33.3 Å². The molecule has 1 fully saturated rings. The number of piperazine rings is 1. The lowest BCUT2D eigenvalue weighted by molar-refractivity contribution is -0.139. The third kappa shape index (κ3) is 4.70. The number of para-hydroxylation sites is 1. The summed E-state index contributed by atoms with van der Waals surface area (Å²) in [5.74, 6) is 0.163. The van der Waals surface area contributed by atoms with Gasteiger partial charge in [0.05, 0.1) is 7.11 Å². The van der Waals surface area contributed by atoms with Gasteiger partial charge in [-0.1, -0.05) is 18.2 Å². The summed E-state index contributed by atoms with van der Waals surface area (Å²) in [4.78, 5) is 37.9. The van der Waals surface area contributed by atoms with Gasteiger partial charge in [0.2, 0.25) is 18.2 Å². The Morgan fingerprint density at radius 3 is 2.57 bits per heavy atom. The molecule has 1 N–H and O–H groups in total. The van der Waals surface area contributed by atoms with Gasteiger partial charge in [-0.3, -0.25) is 14.4 Å². The molecule has 1 aromatic carbocycles. The van der Waals surface area contributed by atoms with Gasteiger partial charge in [-0.2, -0.15) is 0 Å². The molecule has 0 aromatic heterocycles. The van der Waals surface area contributed by atoms with Crippen molar-refractivity contribution >= 4 is 18.2 Å². The Morgan fingerprint density at radius 1 is 1.22 bits per heavy atom. The Hall–Kier alpha value is -2.57. The molecular weight excluding hydrogens is 298 g/mol. The number of nitrogens with one attached hydrogen (secondary N) is 1. The molecule has 1 saturated heterocycles. The van der Waals surface area contributed by atoms with Gasteiger partial charge in [0.1, 0.15) is 12.2 Å². The average Bonchev–Trinajstić information content (AvgIpc) is 2.60. The second-order valence-corrected chi connectivity index (χ2v) is 5.29. The Balaban J connectivity index is 1.78. The average molecular weight is 319 g/mol. The van der Waals surface area contributed by atoms with Crippen LogP contribution in [-0.4, -0.2) is 61.3 Å². The highest BCUT2D eigenvalue weighted by Crippen LogP contribution is 2.16. The summed E-state index contributed by atoms with van der Waals surface area (Å²) in [6.07, 6.45) is 0.595. The van der Waals surface area contributed by atoms with Gasteiger partial charge in [0.25, 0.3) is 0 Å². The third-order valence-electron chi connectivity index (χ3n) is 3.80. The highest BCUT2D eigenvalue weighted by atomic mass is 16.5. The summed E-state index contributed by atoms with van der Waals surface area (Å²) in [7, 11) is 1.57. The maximum atomic E-state index is 12.1. The molecule has 3 amide bonds. The maximum absolute atomic E-state index is 12.1. The minimum atomic E-state index is -0.321. The van der Waals surface area contributed by atoms with Crippen LogP contribution in [0.25, 0.3) is 0 Å². The van der Waals surface area contributed by atoms with E-state index < -0.39 is 0 Å². The standard InChI is InChI=1S/C16H21N3O4/c1-23-14-5-3-2-4-13(14)11-17-15(21)10-16(22)19-8-6-18(12-20)7-9-19/h2-5,12H,6-11H2,1H3,(H,17,21). The lowest BCUT2D eigenvalue weighted by Crippen LogP contribution is -2.49. The molecule has 1 aliphatic rings. The first-order chi connectivity index (χ1) is 11.1. The van der Waals surface area contributed by atoms with Crippen molar-refractivity contribution in [1.82, 2.24) is 15.1 Å². The number of hydrogen-bond acceptors (Lipinski definition) is 4. The molecule has 2 rings (SSSR count). The van der Waals surface area contributed by atoms with E-state index in [1.807, 2.05) is 24.3 Å². The highest BCUT2D eigenvalue weighted by molar-refractivity contribution is 5.96. The number of ether oxygens (including phenoxy) is 1. The molecule has 1 aliphatic heterocycles. The predicted molar refractivity (Wildman–Crippen MR) is 83.7 cm³/mol. The Bertz CT molecular complexity index is 568. The fraction of sp³-hybridized carbons (Fsp3) is 0.438. The zero-order chi connectivity index (χ0) is 16.7. The van der Waals surface area contributed by atoms with Crippen LogP contribution in [0.3, 0.4) is 0 Å². The molecule has 0 aliphatic carbocycles. The number of nitrogens with zero attached hydrogens (tertiary/aromatic N) is 2. The summed E-state index contributed by atoms with van der Waals surface area (Å²) in [5, 5.41) is 2.73. The SMILES string of the molecule is COc1ccccc1CNC(=O)CC(=O)N1CCN(C=O)CC1. The molecule has 1 aromatic rings. The van der Waals surface area contributed by atoms with Gasteiger partial charge in [-0.05, 0) is 6.07 Å². The van der Waals surface area contributed by atoms with Crippen LogP contribution in [-0.2, 0) is 20.9 Å². The zero-order valence-corrected chi connectivity index (χ0v) is 13.2. The molecule has 124 valence electrons.